The van der Waals surface area contributed by atoms with E-state index in [0.29, 0.717) is 23.8 Å². The largest absolute Gasteiger partial charge is 0.508 e. The summed E-state index contributed by atoms with van der Waals surface area (Å²) in [5.41, 5.74) is 5.10. The fourth-order valence-electron chi connectivity index (χ4n) is 5.25. The van der Waals surface area contributed by atoms with Gasteiger partial charge >= 0.3 is 0 Å². The van der Waals surface area contributed by atoms with Crippen LogP contribution in [0.2, 0.25) is 0 Å². The maximum absolute atomic E-state index is 10.0. The summed E-state index contributed by atoms with van der Waals surface area (Å²) in [5.74, 6) is 1.59. The molecule has 0 saturated heterocycles. The van der Waals surface area contributed by atoms with Crippen LogP contribution in [0.4, 0.5) is 0 Å². The first kappa shape index (κ1) is 22.5. The zero-order valence-corrected chi connectivity index (χ0v) is 19.6. The van der Waals surface area contributed by atoms with Crippen molar-refractivity contribution in [2.45, 2.75) is 36.9 Å². The minimum absolute atomic E-state index is 0.212. The van der Waals surface area contributed by atoms with Gasteiger partial charge < -0.3 is 19.3 Å². The third-order valence-corrected chi connectivity index (χ3v) is 7.03. The van der Waals surface area contributed by atoms with E-state index in [2.05, 4.69) is 48.5 Å². The molecule has 3 aromatic rings. The molecule has 34 heavy (non-hydrogen) atoms. The Morgan fingerprint density at radius 2 is 1.65 bits per heavy atom. The van der Waals surface area contributed by atoms with Crippen LogP contribution < -0.4 is 4.74 Å². The average Bonchev–Trinajstić information content (AvgIpc) is 2.89. The molecule has 4 heteroatoms. The summed E-state index contributed by atoms with van der Waals surface area (Å²) >= 11 is 0. The maximum Gasteiger partial charge on any atom is 0.194 e. The van der Waals surface area contributed by atoms with Crippen molar-refractivity contribution in [3.63, 3.8) is 0 Å². The van der Waals surface area contributed by atoms with Crippen molar-refractivity contribution in [2.75, 3.05) is 14.2 Å². The van der Waals surface area contributed by atoms with E-state index in [0.717, 1.165) is 18.6 Å². The minimum atomic E-state index is -0.787. The van der Waals surface area contributed by atoms with Gasteiger partial charge in [0.25, 0.3) is 0 Å². The average molecular weight is 455 g/mol. The Kier molecular flexibility index (Phi) is 6.27. The van der Waals surface area contributed by atoms with Gasteiger partial charge in [-0.1, -0.05) is 54.6 Å². The van der Waals surface area contributed by atoms with Crippen molar-refractivity contribution >= 4 is 0 Å². The van der Waals surface area contributed by atoms with Crippen molar-refractivity contribution in [1.82, 2.24) is 0 Å². The molecule has 3 aromatic carbocycles. The number of hydrogen-bond donors (Lipinski definition) is 1. The highest BCUT2D eigenvalue weighted by atomic mass is 16.7. The Morgan fingerprint density at radius 1 is 0.882 bits per heavy atom. The van der Waals surface area contributed by atoms with Gasteiger partial charge in [0.1, 0.15) is 17.3 Å². The molecule has 0 bridgehead atoms. The summed E-state index contributed by atoms with van der Waals surface area (Å²) < 4.78 is 17.2. The molecular formula is C30H30O4. The van der Waals surface area contributed by atoms with Crippen molar-refractivity contribution in [3.8, 4) is 11.5 Å². The van der Waals surface area contributed by atoms with Crippen molar-refractivity contribution in [3.05, 3.63) is 119 Å². The number of phenolic OH excluding ortho intramolecular Hbond substituents is 1. The second kappa shape index (κ2) is 9.49. The number of methoxy groups -OCH3 is 2. The zero-order chi connectivity index (χ0) is 23.5. The second-order valence-corrected chi connectivity index (χ2v) is 8.96. The Balaban J connectivity index is 1.46. The Labute approximate surface area is 201 Å². The second-order valence-electron chi connectivity index (χ2n) is 8.96. The van der Waals surface area contributed by atoms with Gasteiger partial charge in [0, 0.05) is 32.6 Å². The molecule has 5 rings (SSSR count). The number of rotatable bonds is 6. The van der Waals surface area contributed by atoms with Gasteiger partial charge in [0.2, 0.25) is 0 Å². The summed E-state index contributed by atoms with van der Waals surface area (Å²) in [4.78, 5) is 0. The molecule has 0 fully saturated rings. The minimum Gasteiger partial charge on any atom is -0.508 e. The quantitative estimate of drug-likeness (QED) is 0.434. The summed E-state index contributed by atoms with van der Waals surface area (Å²) in [6.07, 6.45) is 8.45. The van der Waals surface area contributed by atoms with Crippen molar-refractivity contribution < 1.29 is 19.3 Å². The van der Waals surface area contributed by atoms with Crippen LogP contribution in [0.25, 0.3) is 0 Å². The van der Waals surface area contributed by atoms with Crippen LogP contribution in [0, 0.1) is 0 Å². The van der Waals surface area contributed by atoms with E-state index in [-0.39, 0.29) is 5.92 Å². The lowest BCUT2D eigenvalue weighted by atomic mass is 9.69. The molecule has 0 heterocycles. The van der Waals surface area contributed by atoms with Gasteiger partial charge in [-0.2, -0.15) is 0 Å². The van der Waals surface area contributed by atoms with Crippen molar-refractivity contribution in [1.29, 1.82) is 0 Å². The van der Waals surface area contributed by atoms with E-state index in [1.165, 1.54) is 22.3 Å². The summed E-state index contributed by atoms with van der Waals surface area (Å²) in [7, 11) is 3.27. The molecule has 0 aromatic heterocycles. The molecule has 0 amide bonds. The van der Waals surface area contributed by atoms with Gasteiger partial charge in [-0.05, 0) is 71.4 Å². The van der Waals surface area contributed by atoms with Gasteiger partial charge in [-0.3, -0.25) is 0 Å². The summed E-state index contributed by atoms with van der Waals surface area (Å²) in [6.45, 7) is 0. The van der Waals surface area contributed by atoms with Crippen LogP contribution >= 0.6 is 0 Å². The number of fused-ring (bicyclic) bond motifs is 1. The Bertz CT molecular complexity index is 1190. The molecule has 0 saturated carbocycles. The number of allylic oxidation sites excluding steroid dienone is 1. The highest BCUT2D eigenvalue weighted by Gasteiger charge is 2.32. The number of hydrogen-bond acceptors (Lipinski definition) is 4. The number of benzene rings is 3. The van der Waals surface area contributed by atoms with Crippen molar-refractivity contribution in [2.24, 2.45) is 0 Å². The highest BCUT2D eigenvalue weighted by molar-refractivity contribution is 5.48. The molecule has 0 aliphatic heterocycles. The van der Waals surface area contributed by atoms with Crippen LogP contribution in [0.15, 0.2) is 96.8 Å². The molecular weight excluding hydrogens is 424 g/mol. The molecule has 2 aliphatic rings. The fraction of sp³-hybridized carbons (Fsp3) is 0.267. The van der Waals surface area contributed by atoms with E-state index >= 15 is 0 Å². The first-order valence-corrected chi connectivity index (χ1v) is 11.7. The topological polar surface area (TPSA) is 47.9 Å². The van der Waals surface area contributed by atoms with Gasteiger partial charge in [-0.15, -0.1) is 0 Å². The first-order chi connectivity index (χ1) is 16.6. The zero-order valence-electron chi connectivity index (χ0n) is 19.6. The van der Waals surface area contributed by atoms with Crippen LogP contribution in [-0.2, 0) is 15.9 Å². The number of ether oxygens (including phenoxy) is 3. The summed E-state index contributed by atoms with van der Waals surface area (Å²) in [6, 6.07) is 24.9. The lowest BCUT2D eigenvalue weighted by molar-refractivity contribution is -0.169. The van der Waals surface area contributed by atoms with E-state index in [9.17, 15) is 5.11 Å². The third-order valence-electron chi connectivity index (χ3n) is 7.03. The Hall–Kier alpha value is -3.34. The van der Waals surface area contributed by atoms with Crippen LogP contribution in [0.5, 0.6) is 11.5 Å². The van der Waals surface area contributed by atoms with Crippen LogP contribution in [-0.4, -0.2) is 25.1 Å². The molecule has 2 atom stereocenters. The number of phenols is 1. The summed E-state index contributed by atoms with van der Waals surface area (Å²) in [5, 5.41) is 10.0. The van der Waals surface area contributed by atoms with E-state index in [1.54, 1.807) is 20.3 Å². The van der Waals surface area contributed by atoms with E-state index < -0.39 is 5.79 Å². The normalized spacial score (nSPS) is 20.9. The van der Waals surface area contributed by atoms with Gasteiger partial charge in [-0.25, -0.2) is 0 Å². The predicted octanol–water partition coefficient (Wildman–Crippen LogP) is 6.47. The van der Waals surface area contributed by atoms with E-state index in [1.807, 2.05) is 36.4 Å². The first-order valence-electron chi connectivity index (χ1n) is 11.7. The molecule has 0 radical (unpaired) electrons. The van der Waals surface area contributed by atoms with Gasteiger partial charge in [0.05, 0.1) is 0 Å². The lowest BCUT2D eigenvalue weighted by Crippen LogP contribution is -2.32. The molecule has 4 nitrogen and oxygen atoms in total. The number of aromatic hydroxyl groups is 1. The predicted molar refractivity (Wildman–Crippen MR) is 133 cm³/mol. The fourth-order valence-corrected chi connectivity index (χ4v) is 5.25. The number of aryl methyl sites for hydroxylation is 1. The molecule has 2 aliphatic carbocycles. The molecule has 0 spiro atoms. The molecule has 0 unspecified atom stereocenters. The van der Waals surface area contributed by atoms with Crippen LogP contribution in [0.1, 0.15) is 46.9 Å². The maximum atomic E-state index is 10.0. The van der Waals surface area contributed by atoms with Gasteiger partial charge in [0.15, 0.2) is 5.79 Å². The molecule has 1 N–H and O–H groups in total. The highest BCUT2D eigenvalue weighted by Crippen LogP contribution is 2.47. The standard InChI is InChI=1S/C30H30O4/c1-32-30(33-2)18-6-9-26(20-30)34-25-14-10-22(11-15-25)29-27(21-7-4-3-5-8-21)16-12-23-19-24(31)13-17-28(23)29/h3-11,13-15,17,19-20,27,29,31H,12,16,18H2,1-2H3/t27-,29+/m1/s1. The lowest BCUT2D eigenvalue weighted by Gasteiger charge is -2.35. The SMILES string of the molecule is COC1(OC)C=C(Oc2ccc([C@@H]3c4ccc(O)cc4CC[C@@H]3c3ccccc3)cc2)C=CC1. The van der Waals surface area contributed by atoms with Crippen LogP contribution in [0.3, 0.4) is 0 Å². The third kappa shape index (κ3) is 4.39. The van der Waals surface area contributed by atoms with E-state index in [4.69, 9.17) is 14.2 Å². The monoisotopic (exact) mass is 454 g/mol. The smallest absolute Gasteiger partial charge is 0.194 e. The Morgan fingerprint density at radius 3 is 2.38 bits per heavy atom. The molecule has 174 valence electrons.